The zero-order valence-electron chi connectivity index (χ0n) is 15.1. The van der Waals surface area contributed by atoms with Crippen molar-refractivity contribution in [3.63, 3.8) is 0 Å². The molecule has 26 heavy (non-hydrogen) atoms. The Kier molecular flexibility index (Phi) is 8.66. The van der Waals surface area contributed by atoms with E-state index in [0.29, 0.717) is 5.56 Å². The third-order valence-corrected chi connectivity index (χ3v) is 5.00. The summed E-state index contributed by atoms with van der Waals surface area (Å²) >= 11 is 4.23. The van der Waals surface area contributed by atoms with Crippen LogP contribution < -0.4 is 11.5 Å². The van der Waals surface area contributed by atoms with Crippen LogP contribution in [-0.4, -0.2) is 37.6 Å². The van der Waals surface area contributed by atoms with Gasteiger partial charge in [-0.3, -0.25) is 0 Å². The Bertz CT molecular complexity index is 683. The van der Waals surface area contributed by atoms with E-state index in [2.05, 4.69) is 23.6 Å². The molecule has 0 bridgehead atoms. The number of hydrogen-bond donors (Lipinski definition) is 3. The van der Waals surface area contributed by atoms with Crippen LogP contribution >= 0.6 is 12.6 Å². The maximum atomic E-state index is 8.68. The molecule has 0 atom stereocenters. The second kappa shape index (κ2) is 11.0. The van der Waals surface area contributed by atoms with E-state index in [4.69, 9.17) is 16.7 Å². The second-order valence-electron chi connectivity index (χ2n) is 6.55. The van der Waals surface area contributed by atoms with Gasteiger partial charge in [-0.1, -0.05) is 24.3 Å². The molecule has 1 heterocycles. The largest absolute Gasteiger partial charge is 0.330 e. The van der Waals surface area contributed by atoms with Crippen molar-refractivity contribution in [2.24, 2.45) is 17.4 Å². The van der Waals surface area contributed by atoms with Crippen LogP contribution in [-0.2, 0) is 0 Å². The predicted molar refractivity (Wildman–Crippen MR) is 111 cm³/mol. The Morgan fingerprint density at radius 3 is 1.96 bits per heavy atom. The highest BCUT2D eigenvalue weighted by molar-refractivity contribution is 7.80. The van der Waals surface area contributed by atoms with Crippen LogP contribution in [0.2, 0.25) is 0 Å². The van der Waals surface area contributed by atoms with Gasteiger partial charge in [0.2, 0.25) is 0 Å². The van der Waals surface area contributed by atoms with Gasteiger partial charge in [0.25, 0.3) is 0 Å². The summed E-state index contributed by atoms with van der Waals surface area (Å²) in [5.41, 5.74) is 14.0. The lowest BCUT2D eigenvalue weighted by Gasteiger charge is -2.30. The first-order valence-corrected chi connectivity index (χ1v) is 9.53. The molecule has 0 saturated carbocycles. The molecule has 4 N–H and O–H groups in total. The van der Waals surface area contributed by atoms with Gasteiger partial charge >= 0.3 is 0 Å². The summed E-state index contributed by atoms with van der Waals surface area (Å²) in [4.78, 5) is 3.37. The minimum absolute atomic E-state index is 0.685. The van der Waals surface area contributed by atoms with Crippen LogP contribution in [0.1, 0.15) is 18.4 Å². The molecule has 4 nitrogen and oxygen atoms in total. The third-order valence-electron chi connectivity index (χ3n) is 4.70. The average Bonchev–Trinajstić information content (AvgIpc) is 2.70. The van der Waals surface area contributed by atoms with Gasteiger partial charge in [0, 0.05) is 18.0 Å². The molecule has 1 fully saturated rings. The van der Waals surface area contributed by atoms with Crippen LogP contribution in [0, 0.1) is 17.2 Å². The number of nitrogens with two attached hydrogens (primary N) is 2. The monoisotopic (exact) mass is 368 g/mol. The summed E-state index contributed by atoms with van der Waals surface area (Å²) < 4.78 is 0. The number of rotatable bonds is 4. The molecule has 1 aliphatic rings. The van der Waals surface area contributed by atoms with Crippen LogP contribution in [0.4, 0.5) is 0 Å². The Morgan fingerprint density at radius 2 is 1.50 bits per heavy atom. The Balaban J connectivity index is 0.000000197. The van der Waals surface area contributed by atoms with Crippen LogP contribution in [0.3, 0.4) is 0 Å². The average molecular weight is 369 g/mol. The van der Waals surface area contributed by atoms with Crippen molar-refractivity contribution >= 4 is 12.6 Å². The SMILES string of the molecule is N#Cc1ccc(-c2ccc(S)cc2)cc1.NCCN1CCC(CN)CC1. The highest BCUT2D eigenvalue weighted by atomic mass is 32.1. The van der Waals surface area contributed by atoms with Crippen molar-refractivity contribution in [1.29, 1.82) is 5.26 Å². The zero-order valence-corrected chi connectivity index (χ0v) is 16.0. The molecule has 2 aromatic carbocycles. The van der Waals surface area contributed by atoms with E-state index in [-0.39, 0.29) is 0 Å². The molecule has 0 aliphatic carbocycles. The fourth-order valence-electron chi connectivity index (χ4n) is 3.02. The molecule has 138 valence electrons. The molecule has 0 spiro atoms. The topological polar surface area (TPSA) is 79.1 Å². The Morgan fingerprint density at radius 1 is 0.962 bits per heavy atom. The molecule has 1 aliphatic heterocycles. The molecule has 3 rings (SSSR count). The van der Waals surface area contributed by atoms with Gasteiger partial charge < -0.3 is 16.4 Å². The maximum Gasteiger partial charge on any atom is 0.0991 e. The molecule has 0 unspecified atom stereocenters. The van der Waals surface area contributed by atoms with E-state index in [0.717, 1.165) is 41.6 Å². The van der Waals surface area contributed by atoms with E-state index in [1.54, 1.807) is 0 Å². The first-order chi connectivity index (χ1) is 12.7. The first-order valence-electron chi connectivity index (χ1n) is 9.08. The quantitative estimate of drug-likeness (QED) is 0.725. The highest BCUT2D eigenvalue weighted by Gasteiger charge is 2.16. The summed E-state index contributed by atoms with van der Waals surface area (Å²) in [7, 11) is 0. The molecule has 0 aromatic heterocycles. The van der Waals surface area contributed by atoms with E-state index in [9.17, 15) is 0 Å². The smallest absolute Gasteiger partial charge is 0.0991 e. The van der Waals surface area contributed by atoms with Gasteiger partial charge in [0.05, 0.1) is 11.6 Å². The fraction of sp³-hybridized carbons (Fsp3) is 0.381. The van der Waals surface area contributed by atoms with Gasteiger partial charge in [0.1, 0.15) is 0 Å². The van der Waals surface area contributed by atoms with Crippen LogP contribution in [0.5, 0.6) is 0 Å². The van der Waals surface area contributed by atoms with Gasteiger partial charge in [-0.25, -0.2) is 0 Å². The van der Waals surface area contributed by atoms with Gasteiger partial charge in [-0.05, 0) is 73.8 Å². The minimum Gasteiger partial charge on any atom is -0.330 e. The number of nitrogens with zero attached hydrogens (tertiary/aromatic N) is 2. The van der Waals surface area contributed by atoms with Crippen LogP contribution in [0.15, 0.2) is 53.4 Å². The Labute approximate surface area is 162 Å². The zero-order chi connectivity index (χ0) is 18.8. The molecule has 5 heteroatoms. The predicted octanol–water partition coefficient (Wildman–Crippen LogP) is 3.13. The molecule has 2 aromatic rings. The Hall–Kier alpha value is -1.84. The molecular formula is C21H28N4S. The normalized spacial score (nSPS) is 15.0. The van der Waals surface area contributed by atoms with Gasteiger partial charge in [0.15, 0.2) is 0 Å². The number of likely N-dealkylation sites (tertiary alicyclic amines) is 1. The fourth-order valence-corrected chi connectivity index (χ4v) is 3.17. The summed E-state index contributed by atoms with van der Waals surface area (Å²) in [5.74, 6) is 0.768. The lowest BCUT2D eigenvalue weighted by atomic mass is 9.97. The van der Waals surface area contributed by atoms with Crippen molar-refractivity contribution in [3.8, 4) is 17.2 Å². The number of benzene rings is 2. The van der Waals surface area contributed by atoms with Gasteiger partial charge in [-0.15, -0.1) is 12.6 Å². The number of hydrogen-bond acceptors (Lipinski definition) is 5. The first kappa shape index (κ1) is 20.5. The van der Waals surface area contributed by atoms with Crippen molar-refractivity contribution < 1.29 is 0 Å². The van der Waals surface area contributed by atoms with Gasteiger partial charge in [-0.2, -0.15) is 5.26 Å². The van der Waals surface area contributed by atoms with Crippen molar-refractivity contribution in [2.75, 3.05) is 32.7 Å². The minimum atomic E-state index is 0.685. The standard InChI is InChI=1S/C13H9NS.C8H19N3/c14-9-10-1-3-11(4-2-10)12-5-7-13(15)8-6-12;9-3-6-11-4-1-8(7-10)2-5-11/h1-8,15H;8H,1-7,9-10H2. The van der Waals surface area contributed by atoms with E-state index in [1.807, 2.05) is 48.5 Å². The molecule has 0 amide bonds. The summed E-state index contributed by atoms with van der Waals surface area (Å²) in [6.45, 7) is 5.08. The summed E-state index contributed by atoms with van der Waals surface area (Å²) in [6, 6.07) is 17.6. The molecule has 0 radical (unpaired) electrons. The maximum absolute atomic E-state index is 8.68. The lowest BCUT2D eigenvalue weighted by Crippen LogP contribution is -2.38. The van der Waals surface area contributed by atoms with Crippen molar-refractivity contribution in [2.45, 2.75) is 17.7 Å². The number of nitriles is 1. The van der Waals surface area contributed by atoms with Crippen LogP contribution in [0.25, 0.3) is 11.1 Å². The van der Waals surface area contributed by atoms with Crippen molar-refractivity contribution in [3.05, 3.63) is 54.1 Å². The molecular weight excluding hydrogens is 340 g/mol. The number of piperidine rings is 1. The summed E-state index contributed by atoms with van der Waals surface area (Å²) in [6.07, 6.45) is 2.52. The lowest BCUT2D eigenvalue weighted by molar-refractivity contribution is 0.192. The number of thiol groups is 1. The van der Waals surface area contributed by atoms with E-state index < -0.39 is 0 Å². The second-order valence-corrected chi connectivity index (χ2v) is 7.06. The van der Waals surface area contributed by atoms with E-state index in [1.165, 1.54) is 25.9 Å². The van der Waals surface area contributed by atoms with Crippen molar-refractivity contribution in [1.82, 2.24) is 4.90 Å². The molecule has 1 saturated heterocycles. The highest BCUT2D eigenvalue weighted by Crippen LogP contribution is 2.21. The van der Waals surface area contributed by atoms with E-state index >= 15 is 0 Å². The summed E-state index contributed by atoms with van der Waals surface area (Å²) in [5, 5.41) is 8.68. The third kappa shape index (κ3) is 6.47.